The second-order valence-corrected chi connectivity index (χ2v) is 13.1. The summed E-state index contributed by atoms with van der Waals surface area (Å²) in [6, 6.07) is 12.6. The summed E-state index contributed by atoms with van der Waals surface area (Å²) in [4.78, 5) is 14.2. The predicted molar refractivity (Wildman–Crippen MR) is 149 cm³/mol. The second-order valence-electron chi connectivity index (χ2n) is 10.2. The molecule has 1 saturated carbocycles. The maximum atomic E-state index is 13.2. The van der Waals surface area contributed by atoms with Crippen molar-refractivity contribution in [2.75, 3.05) is 12.0 Å². The molecule has 6 nitrogen and oxygen atoms in total. The molecule has 3 rings (SSSR count). The molecule has 2 aromatic rings. The Morgan fingerprint density at radius 1 is 1.17 bits per heavy atom. The van der Waals surface area contributed by atoms with E-state index in [1.807, 2.05) is 49.4 Å². The summed E-state index contributed by atoms with van der Waals surface area (Å²) < 4.78 is 26.6. The number of benzene rings is 2. The molecule has 1 fully saturated rings. The van der Waals surface area contributed by atoms with Gasteiger partial charge in [0.2, 0.25) is 15.9 Å². The minimum atomic E-state index is -3.60. The van der Waals surface area contributed by atoms with Gasteiger partial charge in [0.15, 0.2) is 0 Å². The van der Waals surface area contributed by atoms with Crippen LogP contribution in [-0.2, 0) is 14.8 Å². The van der Waals surface area contributed by atoms with Gasteiger partial charge in [-0.05, 0) is 60.3 Å². The van der Waals surface area contributed by atoms with Crippen molar-refractivity contribution < 1.29 is 21.2 Å². The Morgan fingerprint density at radius 2 is 1.89 bits per heavy atom. The fourth-order valence-electron chi connectivity index (χ4n) is 5.22. The summed E-state index contributed by atoms with van der Waals surface area (Å²) in [5, 5.41) is 16.1. The molecule has 1 amide bonds. The van der Waals surface area contributed by atoms with Crippen LogP contribution in [0.15, 0.2) is 47.4 Å². The summed E-state index contributed by atoms with van der Waals surface area (Å²) in [6.07, 6.45) is 5.09. The minimum Gasteiger partial charge on any atom is -0.391 e. The Morgan fingerprint density at radius 3 is 2.57 bits per heavy atom. The van der Waals surface area contributed by atoms with Gasteiger partial charge in [0.05, 0.1) is 18.4 Å². The topological polar surface area (TPSA) is 95.5 Å². The number of sulfonamides is 1. The van der Waals surface area contributed by atoms with Crippen molar-refractivity contribution in [3.05, 3.63) is 42.5 Å². The summed E-state index contributed by atoms with van der Waals surface area (Å²) >= 11 is 1.45. The van der Waals surface area contributed by atoms with E-state index in [9.17, 15) is 18.3 Å². The highest BCUT2D eigenvalue weighted by Crippen LogP contribution is 2.36. The van der Waals surface area contributed by atoms with Gasteiger partial charge in [0.1, 0.15) is 6.04 Å². The van der Waals surface area contributed by atoms with Crippen LogP contribution in [0.3, 0.4) is 0 Å². The van der Waals surface area contributed by atoms with E-state index < -0.39 is 34.1 Å². The number of rotatable bonds is 11. The molecule has 0 bridgehead atoms. The standard InChI is InChI=1S/C27H40N2O4S2.2H2/c1-5-23(25(30)16-21-14-13-18(2)15-19(21)3)28-27(31)24(29-35(4,32)33)17-34-26-12-8-10-20-9-6-7-11-22(20)26;;/h6-12,18-19,21,23-25,29-30H,5,13-17H2,1-4H3,(H,28,31);2*1H/t18?,19?,21?,23-,24+,25+;;/m0../s1. The zero-order chi connectivity index (χ0) is 25.6. The van der Waals surface area contributed by atoms with Gasteiger partial charge in [0.25, 0.3) is 0 Å². The molecule has 6 atom stereocenters. The Balaban J connectivity index is 0.00000342. The van der Waals surface area contributed by atoms with Crippen molar-refractivity contribution in [1.82, 2.24) is 10.0 Å². The molecular formula is C27H44N2O4S2. The molecule has 0 aliphatic heterocycles. The monoisotopic (exact) mass is 524 g/mol. The molecule has 3 unspecified atom stereocenters. The summed E-state index contributed by atoms with van der Waals surface area (Å²) in [6.45, 7) is 6.47. The van der Waals surface area contributed by atoms with Gasteiger partial charge < -0.3 is 10.4 Å². The first-order valence-corrected chi connectivity index (χ1v) is 15.5. The normalized spacial score (nSPS) is 23.5. The lowest BCUT2D eigenvalue weighted by molar-refractivity contribution is -0.124. The highest BCUT2D eigenvalue weighted by Gasteiger charge is 2.31. The van der Waals surface area contributed by atoms with E-state index in [0.717, 1.165) is 34.3 Å². The van der Waals surface area contributed by atoms with Gasteiger partial charge in [-0.25, -0.2) is 13.1 Å². The lowest BCUT2D eigenvalue weighted by Crippen LogP contribution is -2.53. The van der Waals surface area contributed by atoms with Gasteiger partial charge >= 0.3 is 0 Å². The smallest absolute Gasteiger partial charge is 0.239 e. The average Bonchev–Trinajstić information content (AvgIpc) is 2.81. The van der Waals surface area contributed by atoms with Gasteiger partial charge in [-0.2, -0.15) is 0 Å². The number of fused-ring (bicyclic) bond motifs is 1. The lowest BCUT2D eigenvalue weighted by atomic mass is 9.73. The van der Waals surface area contributed by atoms with E-state index >= 15 is 0 Å². The lowest BCUT2D eigenvalue weighted by Gasteiger charge is -2.35. The zero-order valence-corrected chi connectivity index (χ0v) is 22.9. The third-order valence-electron chi connectivity index (χ3n) is 7.21. The molecule has 1 aliphatic carbocycles. The van der Waals surface area contributed by atoms with Crippen LogP contribution in [0.5, 0.6) is 0 Å². The van der Waals surface area contributed by atoms with E-state index in [4.69, 9.17) is 0 Å². The molecular weight excluding hydrogens is 480 g/mol. The molecule has 0 saturated heterocycles. The number of hydrogen-bond acceptors (Lipinski definition) is 5. The second kappa shape index (κ2) is 12.6. The van der Waals surface area contributed by atoms with Crippen LogP contribution in [0.1, 0.15) is 55.7 Å². The average molecular weight is 525 g/mol. The third-order valence-corrected chi connectivity index (χ3v) is 9.09. The number of amides is 1. The van der Waals surface area contributed by atoms with Crippen LogP contribution in [0.2, 0.25) is 0 Å². The van der Waals surface area contributed by atoms with Crippen LogP contribution < -0.4 is 10.0 Å². The van der Waals surface area contributed by atoms with Crippen molar-refractivity contribution in [1.29, 1.82) is 0 Å². The first-order chi connectivity index (χ1) is 16.6. The number of carbonyl (C=O) groups excluding carboxylic acids is 1. The molecule has 2 aromatic carbocycles. The SMILES string of the molecule is CC[C@H](NC(=O)[C@@H](CSc1cccc2ccccc12)NS(C)(=O)=O)[C@H](O)CC1CCC(C)CC1C.[HH].[HH]. The Hall–Kier alpha value is -1.61. The fourth-order valence-corrected chi connectivity index (χ4v) is 7.13. The molecule has 0 spiro atoms. The minimum absolute atomic E-state index is 0. The van der Waals surface area contributed by atoms with Crippen molar-refractivity contribution >= 4 is 38.5 Å². The van der Waals surface area contributed by atoms with Crippen molar-refractivity contribution in [2.24, 2.45) is 17.8 Å². The summed E-state index contributed by atoms with van der Waals surface area (Å²) in [5.74, 6) is 1.57. The molecule has 0 aromatic heterocycles. The van der Waals surface area contributed by atoms with Crippen LogP contribution >= 0.6 is 11.8 Å². The third kappa shape index (κ3) is 8.20. The maximum Gasteiger partial charge on any atom is 0.239 e. The number of nitrogens with one attached hydrogen (secondary N) is 2. The van der Waals surface area contributed by atoms with E-state index in [1.54, 1.807) is 0 Å². The highest BCUT2D eigenvalue weighted by molar-refractivity contribution is 7.99. The summed E-state index contributed by atoms with van der Waals surface area (Å²) in [5.41, 5.74) is 0. The quantitative estimate of drug-likeness (QED) is 0.357. The number of aliphatic hydroxyl groups is 1. The predicted octanol–water partition coefficient (Wildman–Crippen LogP) is 5.06. The van der Waals surface area contributed by atoms with Crippen LogP contribution in [0.25, 0.3) is 10.8 Å². The maximum absolute atomic E-state index is 13.2. The van der Waals surface area contributed by atoms with Gasteiger partial charge in [0, 0.05) is 13.5 Å². The molecule has 0 radical (unpaired) electrons. The number of hydrogen-bond donors (Lipinski definition) is 3. The van der Waals surface area contributed by atoms with Crippen molar-refractivity contribution in [2.45, 2.75) is 76.0 Å². The van der Waals surface area contributed by atoms with Gasteiger partial charge in [-0.15, -0.1) is 11.8 Å². The number of carbonyl (C=O) groups is 1. The molecule has 0 heterocycles. The fraction of sp³-hybridized carbons (Fsp3) is 0.593. The Bertz CT molecular complexity index is 1100. The van der Waals surface area contributed by atoms with Crippen LogP contribution in [0, 0.1) is 17.8 Å². The zero-order valence-electron chi connectivity index (χ0n) is 21.2. The van der Waals surface area contributed by atoms with Crippen molar-refractivity contribution in [3.63, 3.8) is 0 Å². The van der Waals surface area contributed by atoms with Crippen molar-refractivity contribution in [3.8, 4) is 0 Å². The molecule has 1 aliphatic rings. The molecule has 8 heteroatoms. The first kappa shape index (κ1) is 28.0. The summed E-state index contributed by atoms with van der Waals surface area (Å²) in [7, 11) is -3.60. The number of aliphatic hydroxyl groups excluding tert-OH is 1. The molecule has 198 valence electrons. The van der Waals surface area contributed by atoms with E-state index in [0.29, 0.717) is 24.7 Å². The largest absolute Gasteiger partial charge is 0.391 e. The van der Waals surface area contributed by atoms with E-state index in [1.165, 1.54) is 24.6 Å². The molecule has 3 N–H and O–H groups in total. The van der Waals surface area contributed by atoms with E-state index in [-0.39, 0.29) is 8.61 Å². The van der Waals surface area contributed by atoms with Gasteiger partial charge in [-0.3, -0.25) is 4.79 Å². The highest BCUT2D eigenvalue weighted by atomic mass is 32.2. The Kier molecular flexibility index (Phi) is 10.0. The van der Waals surface area contributed by atoms with Crippen LogP contribution in [-0.4, -0.2) is 49.6 Å². The first-order valence-electron chi connectivity index (χ1n) is 12.6. The van der Waals surface area contributed by atoms with Gasteiger partial charge in [-0.1, -0.05) is 63.6 Å². The van der Waals surface area contributed by atoms with E-state index in [2.05, 4.69) is 23.9 Å². The molecule has 35 heavy (non-hydrogen) atoms. The Labute approximate surface area is 217 Å². The number of thioether (sulfide) groups is 1. The van der Waals surface area contributed by atoms with Crippen LogP contribution in [0.4, 0.5) is 0 Å².